The summed E-state index contributed by atoms with van der Waals surface area (Å²) < 4.78 is 32.7. The van der Waals surface area contributed by atoms with Crippen LogP contribution in [0.2, 0.25) is 0 Å². The van der Waals surface area contributed by atoms with Crippen molar-refractivity contribution in [3.63, 3.8) is 0 Å². The molecule has 2 aromatic carbocycles. The lowest BCUT2D eigenvalue weighted by molar-refractivity contribution is 0.0523. The molecule has 3 rings (SSSR count). The molecule has 1 atom stereocenters. The summed E-state index contributed by atoms with van der Waals surface area (Å²) in [5, 5.41) is 11.9. The lowest BCUT2D eigenvalue weighted by Crippen LogP contribution is -2.34. The van der Waals surface area contributed by atoms with Crippen molar-refractivity contribution >= 4 is 5.97 Å². The van der Waals surface area contributed by atoms with Crippen molar-refractivity contribution in [3.8, 4) is 0 Å². The van der Waals surface area contributed by atoms with Crippen LogP contribution in [0, 0.1) is 11.6 Å². The summed E-state index contributed by atoms with van der Waals surface area (Å²) in [6, 6.07) is 13.2. The smallest absolute Gasteiger partial charge is 0.345 e. The first-order chi connectivity index (χ1) is 15.8. The van der Waals surface area contributed by atoms with Crippen LogP contribution >= 0.6 is 0 Å². The monoisotopic (exact) mass is 461 g/mol. The number of H-pyrrole nitrogens is 1. The normalized spacial score (nSPS) is 11.3. The number of hydrogen-bond donors (Lipinski definition) is 3. The van der Waals surface area contributed by atoms with Gasteiger partial charge < -0.3 is 15.2 Å². The van der Waals surface area contributed by atoms with E-state index in [2.05, 4.69) is 10.1 Å². The summed E-state index contributed by atoms with van der Waals surface area (Å²) in [6.45, 7) is 1.26. The average molecular weight is 461 g/mol. The van der Waals surface area contributed by atoms with Crippen molar-refractivity contribution in [2.45, 2.75) is 19.5 Å². The van der Waals surface area contributed by atoms with Crippen molar-refractivity contribution < 1.29 is 23.4 Å². The van der Waals surface area contributed by atoms with Gasteiger partial charge in [-0.25, -0.2) is 18.4 Å². The van der Waals surface area contributed by atoms with Crippen molar-refractivity contribution in [1.29, 1.82) is 0 Å². The number of aliphatic hydroxyl groups is 1. The molecule has 33 heavy (non-hydrogen) atoms. The quantitative estimate of drug-likeness (QED) is 0.464. The van der Waals surface area contributed by atoms with Crippen LogP contribution in [-0.2, 0) is 11.3 Å². The van der Waals surface area contributed by atoms with Gasteiger partial charge in [-0.05, 0) is 31.7 Å². The lowest BCUT2D eigenvalue weighted by atomic mass is 10.1. The number of nitrogens with zero attached hydrogens (tertiary/aromatic N) is 1. The number of halogens is 2. The van der Waals surface area contributed by atoms with Crippen LogP contribution in [0.25, 0.3) is 0 Å². The fraction of sp³-hybridized carbons (Fsp3) is 0.261. The summed E-state index contributed by atoms with van der Waals surface area (Å²) in [4.78, 5) is 36.8. The number of hydrogen-bond acceptors (Lipinski definition) is 6. The Labute approximate surface area is 188 Å². The third-order valence-corrected chi connectivity index (χ3v) is 4.63. The van der Waals surface area contributed by atoms with E-state index in [-0.39, 0.29) is 24.8 Å². The lowest BCUT2D eigenvalue weighted by Gasteiger charge is -2.12. The average Bonchev–Trinajstić information content (AvgIpc) is 2.80. The number of likely N-dealkylation sites (N-methyl/N-ethyl adjacent to an activating group) is 1. The molecule has 0 spiro atoms. The number of carbonyl (C=O) groups excluding carboxylic acids is 1. The maximum atomic E-state index is 13.6. The van der Waals surface area contributed by atoms with E-state index >= 15 is 0 Å². The standard InChI is InChI=1S/C14H12F2N2O4.C9H13NO/c1-2-22-13(20)9-7-18(14(21)17-12(9)19)6-8-10(15)4-3-5-11(8)16;1-10-9(7-11)8-5-3-2-4-6-8/h3-5,7H,2,6H2,1H3,(H,17,19,21);2-6,9-11H,7H2,1H3/t;9-/m.0/s1. The van der Waals surface area contributed by atoms with E-state index in [1.807, 2.05) is 42.4 Å². The van der Waals surface area contributed by atoms with Crippen LogP contribution in [-0.4, -0.2) is 40.9 Å². The molecule has 0 aliphatic heterocycles. The predicted molar refractivity (Wildman–Crippen MR) is 118 cm³/mol. The number of ether oxygens (including phenoxy) is 1. The minimum Gasteiger partial charge on any atom is -0.462 e. The first-order valence-electron chi connectivity index (χ1n) is 10.1. The summed E-state index contributed by atoms with van der Waals surface area (Å²) in [7, 11) is 1.84. The Morgan fingerprint density at radius 2 is 1.76 bits per heavy atom. The maximum Gasteiger partial charge on any atom is 0.345 e. The van der Waals surface area contributed by atoms with Gasteiger partial charge in [-0.15, -0.1) is 0 Å². The Balaban J connectivity index is 0.000000294. The number of aliphatic hydroxyl groups excluding tert-OH is 1. The van der Waals surface area contributed by atoms with Gasteiger partial charge in [0, 0.05) is 11.8 Å². The second-order valence-electron chi connectivity index (χ2n) is 6.79. The molecular formula is C23H25F2N3O5. The molecule has 0 amide bonds. The minimum atomic E-state index is -0.925. The third-order valence-electron chi connectivity index (χ3n) is 4.63. The highest BCUT2D eigenvalue weighted by Crippen LogP contribution is 2.13. The number of aromatic amines is 1. The van der Waals surface area contributed by atoms with Crippen molar-refractivity contribution in [2.24, 2.45) is 0 Å². The van der Waals surface area contributed by atoms with Gasteiger partial charge in [0.1, 0.15) is 17.2 Å². The SMILES string of the molecule is CCOC(=O)c1cn(Cc2c(F)cccc2F)c(=O)[nH]c1=O.CN[C@@H](CO)c1ccccc1. The van der Waals surface area contributed by atoms with Gasteiger partial charge in [-0.2, -0.15) is 0 Å². The Hall–Kier alpha value is -3.63. The fourth-order valence-corrected chi connectivity index (χ4v) is 2.88. The van der Waals surface area contributed by atoms with E-state index in [4.69, 9.17) is 5.11 Å². The Morgan fingerprint density at radius 1 is 1.12 bits per heavy atom. The minimum absolute atomic E-state index is 0.0410. The molecule has 0 unspecified atom stereocenters. The molecule has 176 valence electrons. The van der Waals surface area contributed by atoms with Gasteiger partial charge in [0.15, 0.2) is 0 Å². The Kier molecular flexibility index (Phi) is 9.64. The Bertz CT molecular complexity index is 1150. The summed E-state index contributed by atoms with van der Waals surface area (Å²) >= 11 is 0. The molecule has 3 N–H and O–H groups in total. The number of esters is 1. The molecule has 1 heterocycles. The van der Waals surface area contributed by atoms with E-state index in [1.165, 1.54) is 6.07 Å². The van der Waals surface area contributed by atoms with Gasteiger partial charge >= 0.3 is 11.7 Å². The molecule has 0 fully saturated rings. The van der Waals surface area contributed by atoms with Crippen molar-refractivity contribution in [2.75, 3.05) is 20.3 Å². The largest absolute Gasteiger partial charge is 0.462 e. The summed E-state index contributed by atoms with van der Waals surface area (Å²) in [6.07, 6.45) is 0.922. The van der Waals surface area contributed by atoms with Gasteiger partial charge in [-0.1, -0.05) is 36.4 Å². The second-order valence-corrected chi connectivity index (χ2v) is 6.79. The topological polar surface area (TPSA) is 113 Å². The highest BCUT2D eigenvalue weighted by atomic mass is 19.1. The molecule has 10 heteroatoms. The first-order valence-corrected chi connectivity index (χ1v) is 10.1. The van der Waals surface area contributed by atoms with Gasteiger partial charge in [-0.3, -0.25) is 14.3 Å². The maximum absolute atomic E-state index is 13.6. The fourth-order valence-electron chi connectivity index (χ4n) is 2.88. The number of aromatic nitrogens is 2. The molecule has 0 aliphatic rings. The van der Waals surface area contributed by atoms with E-state index in [0.29, 0.717) is 0 Å². The van der Waals surface area contributed by atoms with Crippen molar-refractivity contribution in [1.82, 2.24) is 14.9 Å². The number of rotatable bonds is 7. The highest BCUT2D eigenvalue weighted by Gasteiger charge is 2.16. The van der Waals surface area contributed by atoms with Crippen LogP contribution in [0.1, 0.15) is 34.5 Å². The van der Waals surface area contributed by atoms with E-state index in [1.54, 1.807) is 6.92 Å². The molecule has 0 saturated heterocycles. The molecule has 1 aromatic heterocycles. The van der Waals surface area contributed by atoms with Crippen LogP contribution in [0.3, 0.4) is 0 Å². The molecule has 3 aromatic rings. The molecule has 8 nitrogen and oxygen atoms in total. The van der Waals surface area contributed by atoms with Crippen molar-refractivity contribution in [3.05, 3.63) is 104 Å². The zero-order chi connectivity index (χ0) is 24.4. The predicted octanol–water partition coefficient (Wildman–Crippen LogP) is 1.98. The van der Waals surface area contributed by atoms with Crippen LogP contribution in [0.15, 0.2) is 64.3 Å². The van der Waals surface area contributed by atoms with Crippen LogP contribution in [0.4, 0.5) is 8.78 Å². The zero-order valence-electron chi connectivity index (χ0n) is 18.2. The zero-order valence-corrected chi connectivity index (χ0v) is 18.2. The van der Waals surface area contributed by atoms with E-state index < -0.39 is 41.0 Å². The van der Waals surface area contributed by atoms with E-state index in [0.717, 1.165) is 28.5 Å². The van der Waals surface area contributed by atoms with Gasteiger partial charge in [0.25, 0.3) is 5.56 Å². The first kappa shape index (κ1) is 25.6. The Morgan fingerprint density at radius 3 is 2.30 bits per heavy atom. The molecule has 0 radical (unpaired) electrons. The van der Waals surface area contributed by atoms with Crippen LogP contribution in [0.5, 0.6) is 0 Å². The van der Waals surface area contributed by atoms with E-state index in [9.17, 15) is 23.2 Å². The third kappa shape index (κ3) is 6.93. The number of carbonyl (C=O) groups is 1. The molecule has 0 saturated carbocycles. The second kappa shape index (κ2) is 12.4. The highest BCUT2D eigenvalue weighted by molar-refractivity contribution is 5.88. The molecule has 0 aliphatic carbocycles. The molecule has 0 bridgehead atoms. The summed E-state index contributed by atoms with van der Waals surface area (Å²) in [5.74, 6) is -2.60. The molecular weight excluding hydrogens is 436 g/mol. The number of nitrogens with one attached hydrogen (secondary N) is 2. The van der Waals surface area contributed by atoms with Gasteiger partial charge in [0.2, 0.25) is 0 Å². The van der Waals surface area contributed by atoms with Crippen LogP contribution < -0.4 is 16.6 Å². The number of benzene rings is 2. The summed E-state index contributed by atoms with van der Waals surface area (Å²) in [5.41, 5.74) is -1.46. The van der Waals surface area contributed by atoms with Gasteiger partial charge in [0.05, 0.1) is 25.8 Å².